The van der Waals surface area contributed by atoms with Gasteiger partial charge in [-0.05, 0) is 74.9 Å². The van der Waals surface area contributed by atoms with Crippen molar-refractivity contribution >= 4 is 26.5 Å². The van der Waals surface area contributed by atoms with Crippen LogP contribution in [0.5, 0.6) is 0 Å². The Balaban J connectivity index is 1.52. The molecule has 1 fully saturated rings. The van der Waals surface area contributed by atoms with Crippen LogP contribution in [0.3, 0.4) is 0 Å². The third-order valence-corrected chi connectivity index (χ3v) is 7.96. The van der Waals surface area contributed by atoms with Crippen LogP contribution in [0.2, 0.25) is 0 Å². The summed E-state index contributed by atoms with van der Waals surface area (Å²) in [7, 11) is -4.02. The van der Waals surface area contributed by atoms with E-state index in [9.17, 15) is 21.6 Å². The van der Waals surface area contributed by atoms with Crippen molar-refractivity contribution in [2.75, 3.05) is 11.9 Å². The number of aromatic nitrogens is 2. The number of pyridine rings is 2. The van der Waals surface area contributed by atoms with Gasteiger partial charge in [0.25, 0.3) is 6.43 Å². The second-order valence-corrected chi connectivity index (χ2v) is 11.7. The first-order valence-electron chi connectivity index (χ1n) is 11.6. The van der Waals surface area contributed by atoms with Crippen LogP contribution in [0.25, 0.3) is 10.8 Å². The monoisotopic (exact) mass is 504 g/mol. The largest absolute Gasteiger partial charge is 0.380 e. The molecule has 6 nitrogen and oxygen atoms in total. The summed E-state index contributed by atoms with van der Waals surface area (Å²) in [6, 6.07) is 6.49. The Kier molecular flexibility index (Phi) is 5.99. The van der Waals surface area contributed by atoms with Crippen molar-refractivity contribution in [2.24, 2.45) is 0 Å². The van der Waals surface area contributed by atoms with Gasteiger partial charge in [0.15, 0.2) is 0 Å². The van der Waals surface area contributed by atoms with Crippen LogP contribution in [0, 0.1) is 0 Å². The van der Waals surface area contributed by atoms with E-state index in [2.05, 4.69) is 20.0 Å². The average Bonchev–Trinajstić information content (AvgIpc) is 3.56. The van der Waals surface area contributed by atoms with Gasteiger partial charge in [-0.3, -0.25) is 9.97 Å². The van der Waals surface area contributed by atoms with Gasteiger partial charge in [0.1, 0.15) is 11.4 Å². The third-order valence-electron chi connectivity index (χ3n) is 6.44. The SMILES string of the molecule is CC(C)(F)CNS(=O)(=O)c1c2c(cc3cnc(C4CC4)cc13)C[C@@H](Nc1ccc(C(F)F)nc1)C2. The molecule has 35 heavy (non-hydrogen) atoms. The topological polar surface area (TPSA) is 84.0 Å². The minimum atomic E-state index is -4.02. The summed E-state index contributed by atoms with van der Waals surface area (Å²) in [6.07, 6.45) is 3.46. The zero-order valence-electron chi connectivity index (χ0n) is 19.5. The molecular formula is C25H27F3N4O2S. The van der Waals surface area contributed by atoms with E-state index in [1.165, 1.54) is 26.1 Å². The molecule has 2 N–H and O–H groups in total. The van der Waals surface area contributed by atoms with Crippen molar-refractivity contribution < 1.29 is 21.6 Å². The first-order valence-corrected chi connectivity index (χ1v) is 13.1. The van der Waals surface area contributed by atoms with Crippen molar-refractivity contribution in [3.8, 4) is 0 Å². The molecule has 3 aromatic rings. The number of halogens is 3. The Labute approximate surface area is 202 Å². The Morgan fingerprint density at radius 1 is 1.11 bits per heavy atom. The van der Waals surface area contributed by atoms with Crippen molar-refractivity contribution in [1.82, 2.24) is 14.7 Å². The number of fused-ring (bicyclic) bond motifs is 2. The minimum absolute atomic E-state index is 0.150. The molecule has 0 aliphatic heterocycles. The first-order chi connectivity index (χ1) is 16.5. The normalized spacial score (nSPS) is 18.3. The zero-order chi connectivity index (χ0) is 25.0. The van der Waals surface area contributed by atoms with E-state index in [1.54, 1.807) is 12.3 Å². The lowest BCUT2D eigenvalue weighted by Crippen LogP contribution is -2.36. The fourth-order valence-electron chi connectivity index (χ4n) is 4.57. The molecule has 2 aliphatic rings. The fraction of sp³-hybridized carbons (Fsp3) is 0.440. The molecule has 186 valence electrons. The predicted molar refractivity (Wildman–Crippen MR) is 128 cm³/mol. The second kappa shape index (κ2) is 8.74. The van der Waals surface area contributed by atoms with Gasteiger partial charge in [0, 0.05) is 41.2 Å². The van der Waals surface area contributed by atoms with Crippen molar-refractivity contribution in [1.29, 1.82) is 0 Å². The van der Waals surface area contributed by atoms with E-state index >= 15 is 0 Å². The molecule has 2 aromatic heterocycles. The highest BCUT2D eigenvalue weighted by Gasteiger charge is 2.33. The zero-order valence-corrected chi connectivity index (χ0v) is 20.3. The summed E-state index contributed by atoms with van der Waals surface area (Å²) in [5, 5.41) is 4.60. The molecule has 10 heteroatoms. The lowest BCUT2D eigenvalue weighted by Gasteiger charge is -2.18. The molecule has 5 rings (SSSR count). The van der Waals surface area contributed by atoms with E-state index in [4.69, 9.17) is 0 Å². The van der Waals surface area contributed by atoms with Gasteiger partial charge in [-0.2, -0.15) is 0 Å². The molecular weight excluding hydrogens is 477 g/mol. The maximum absolute atomic E-state index is 14.2. The predicted octanol–water partition coefficient (Wildman–Crippen LogP) is 5.05. The molecule has 0 spiro atoms. The number of sulfonamides is 1. The number of hydrogen-bond acceptors (Lipinski definition) is 5. The first kappa shape index (κ1) is 24.0. The van der Waals surface area contributed by atoms with Crippen LogP contribution in [0.15, 0.2) is 41.6 Å². The highest BCUT2D eigenvalue weighted by Crippen LogP contribution is 2.42. The van der Waals surface area contributed by atoms with Crippen LogP contribution in [0.1, 0.15) is 61.5 Å². The van der Waals surface area contributed by atoms with Crippen molar-refractivity contribution in [2.45, 2.75) is 68.5 Å². The molecule has 1 saturated carbocycles. The van der Waals surface area contributed by atoms with Crippen molar-refractivity contribution in [3.05, 3.63) is 59.2 Å². The molecule has 0 bridgehead atoms. The van der Waals surface area contributed by atoms with E-state index in [0.29, 0.717) is 35.4 Å². The number of nitrogens with one attached hydrogen (secondary N) is 2. The number of alkyl halides is 3. The number of nitrogens with zero attached hydrogens (tertiary/aromatic N) is 2. The molecule has 0 unspecified atom stereocenters. The highest BCUT2D eigenvalue weighted by atomic mass is 32.2. The molecule has 2 heterocycles. The Morgan fingerprint density at radius 2 is 1.89 bits per heavy atom. The summed E-state index contributed by atoms with van der Waals surface area (Å²) in [5.74, 6) is 0.346. The van der Waals surface area contributed by atoms with Gasteiger partial charge in [-0.15, -0.1) is 0 Å². The van der Waals surface area contributed by atoms with Crippen molar-refractivity contribution in [3.63, 3.8) is 0 Å². The molecule has 2 aliphatic carbocycles. The summed E-state index contributed by atoms with van der Waals surface area (Å²) < 4.78 is 69.3. The van der Waals surface area contributed by atoms with Gasteiger partial charge in [0.2, 0.25) is 10.0 Å². The maximum atomic E-state index is 14.2. The summed E-state index contributed by atoms with van der Waals surface area (Å²) in [4.78, 5) is 8.51. The van der Waals surface area contributed by atoms with Gasteiger partial charge in [-0.25, -0.2) is 26.3 Å². The van der Waals surface area contributed by atoms with Crippen LogP contribution in [-0.4, -0.2) is 36.6 Å². The fourth-order valence-corrected chi connectivity index (χ4v) is 6.26. The van der Waals surface area contributed by atoms with Crippen LogP contribution in [0.4, 0.5) is 18.9 Å². The number of hydrogen-bond donors (Lipinski definition) is 2. The van der Waals surface area contributed by atoms with E-state index in [1.807, 2.05) is 12.1 Å². The molecule has 0 radical (unpaired) electrons. The molecule has 0 amide bonds. The molecule has 0 saturated heterocycles. The standard InChI is InChI=1S/C25H27F3N4O2S/c1-25(2,28)13-31-35(33,34)23-19-9-18(32-17-5-6-21(24(26)27)30-12-17)8-15(19)7-16-11-29-22(10-20(16)23)14-3-4-14/h5-7,10-12,14,18,24,31-32H,3-4,8-9,13H2,1-2H3/t18-/m1/s1. The maximum Gasteiger partial charge on any atom is 0.280 e. The Hall–Kier alpha value is -2.72. The lowest BCUT2D eigenvalue weighted by atomic mass is 10.0. The summed E-state index contributed by atoms with van der Waals surface area (Å²) in [5.41, 5.74) is 1.000. The van der Waals surface area contributed by atoms with E-state index < -0.39 is 22.1 Å². The lowest BCUT2D eigenvalue weighted by molar-refractivity contribution is 0.146. The van der Waals surface area contributed by atoms with E-state index in [0.717, 1.165) is 29.5 Å². The number of benzene rings is 1. The van der Waals surface area contributed by atoms with E-state index in [-0.39, 0.29) is 23.2 Å². The summed E-state index contributed by atoms with van der Waals surface area (Å²) in [6.45, 7) is 2.31. The Bertz CT molecular complexity index is 1370. The van der Waals surface area contributed by atoms with Gasteiger partial charge < -0.3 is 5.32 Å². The van der Waals surface area contributed by atoms with Gasteiger partial charge in [0.05, 0.1) is 16.8 Å². The molecule has 1 aromatic carbocycles. The van der Waals surface area contributed by atoms with Gasteiger partial charge in [-0.1, -0.05) is 0 Å². The van der Waals surface area contributed by atoms with Crippen LogP contribution >= 0.6 is 0 Å². The number of rotatable bonds is 8. The van der Waals surface area contributed by atoms with Crippen LogP contribution in [-0.2, 0) is 22.9 Å². The quantitative estimate of drug-likeness (QED) is 0.449. The third kappa shape index (κ3) is 5.13. The highest BCUT2D eigenvalue weighted by molar-refractivity contribution is 7.89. The Morgan fingerprint density at radius 3 is 2.51 bits per heavy atom. The second-order valence-electron chi connectivity index (χ2n) is 10.0. The smallest absolute Gasteiger partial charge is 0.280 e. The minimum Gasteiger partial charge on any atom is -0.380 e. The van der Waals surface area contributed by atoms with Gasteiger partial charge >= 0.3 is 0 Å². The number of anilines is 1. The molecule has 1 atom stereocenters. The average molecular weight is 505 g/mol. The summed E-state index contributed by atoms with van der Waals surface area (Å²) >= 11 is 0. The van der Waals surface area contributed by atoms with Crippen LogP contribution < -0.4 is 10.0 Å².